The van der Waals surface area contributed by atoms with Crippen molar-refractivity contribution in [1.29, 1.82) is 0 Å². The monoisotopic (exact) mass is 356 g/mol. The molecule has 0 aliphatic carbocycles. The maximum absolute atomic E-state index is 14.8. The average Bonchev–Trinajstić information content (AvgIpc) is 2.83. The van der Waals surface area contributed by atoms with Gasteiger partial charge in [-0.2, -0.15) is 0 Å². The molecular formula is C17H16F4N2S. The van der Waals surface area contributed by atoms with Crippen LogP contribution in [-0.4, -0.2) is 24.6 Å². The maximum Gasteiger partial charge on any atom is 0.277 e. The van der Waals surface area contributed by atoms with E-state index in [0.29, 0.717) is 11.1 Å². The molecule has 3 rings (SSSR count). The molecule has 0 amide bonds. The van der Waals surface area contributed by atoms with Gasteiger partial charge in [0.15, 0.2) is 0 Å². The Morgan fingerprint density at radius 2 is 1.92 bits per heavy atom. The molecule has 0 saturated carbocycles. The van der Waals surface area contributed by atoms with Crippen LogP contribution in [0.4, 0.5) is 17.6 Å². The maximum atomic E-state index is 14.8. The van der Waals surface area contributed by atoms with E-state index in [1.165, 1.54) is 18.2 Å². The van der Waals surface area contributed by atoms with Gasteiger partial charge >= 0.3 is 0 Å². The smallest absolute Gasteiger partial charge is 0.277 e. The SMILES string of the molecule is Fc1cccc(-c2cccc(CC3NCC(F)(F)C3NS)c2F)c1. The first-order valence-electron chi connectivity index (χ1n) is 7.46. The molecule has 2 unspecified atom stereocenters. The van der Waals surface area contributed by atoms with Crippen LogP contribution in [0.1, 0.15) is 5.56 Å². The summed E-state index contributed by atoms with van der Waals surface area (Å²) >= 11 is 3.76. The van der Waals surface area contributed by atoms with Crippen LogP contribution in [0.3, 0.4) is 0 Å². The van der Waals surface area contributed by atoms with Crippen LogP contribution in [-0.2, 0) is 6.42 Å². The third-order valence-corrected chi connectivity index (χ3v) is 4.53. The highest BCUT2D eigenvalue weighted by molar-refractivity contribution is 7.78. The van der Waals surface area contributed by atoms with E-state index in [1.54, 1.807) is 24.3 Å². The highest BCUT2D eigenvalue weighted by Crippen LogP contribution is 2.31. The van der Waals surface area contributed by atoms with Gasteiger partial charge in [0.2, 0.25) is 0 Å². The van der Waals surface area contributed by atoms with Crippen molar-refractivity contribution in [2.75, 3.05) is 6.54 Å². The van der Waals surface area contributed by atoms with Crippen molar-refractivity contribution in [2.24, 2.45) is 0 Å². The van der Waals surface area contributed by atoms with E-state index in [2.05, 4.69) is 22.9 Å². The quantitative estimate of drug-likeness (QED) is 0.576. The predicted octanol–water partition coefficient (Wildman–Crippen LogP) is 3.58. The molecule has 128 valence electrons. The Morgan fingerprint density at radius 3 is 2.62 bits per heavy atom. The molecule has 7 heteroatoms. The fraction of sp³-hybridized carbons (Fsp3) is 0.294. The second kappa shape index (κ2) is 6.74. The average molecular weight is 356 g/mol. The van der Waals surface area contributed by atoms with Crippen molar-refractivity contribution in [2.45, 2.75) is 24.4 Å². The van der Waals surface area contributed by atoms with Gasteiger partial charge in [0.1, 0.15) is 11.6 Å². The normalized spacial score (nSPS) is 22.7. The molecule has 0 radical (unpaired) electrons. The van der Waals surface area contributed by atoms with Crippen LogP contribution in [0.2, 0.25) is 0 Å². The lowest BCUT2D eigenvalue weighted by molar-refractivity contribution is 0.000172. The summed E-state index contributed by atoms with van der Waals surface area (Å²) in [4.78, 5) is 0. The van der Waals surface area contributed by atoms with Gasteiger partial charge in [-0.3, -0.25) is 4.72 Å². The van der Waals surface area contributed by atoms with Crippen LogP contribution in [0.15, 0.2) is 42.5 Å². The van der Waals surface area contributed by atoms with E-state index in [9.17, 15) is 17.6 Å². The van der Waals surface area contributed by atoms with Gasteiger partial charge in [0.25, 0.3) is 5.92 Å². The zero-order valence-corrected chi connectivity index (χ0v) is 13.5. The van der Waals surface area contributed by atoms with E-state index < -0.39 is 36.2 Å². The standard InChI is InChI=1S/C17H16F4N2S/c18-12-5-1-3-10(7-12)13-6-2-4-11(15(13)19)8-14-16(23-24)17(20,21)9-22-14/h1-7,14,16,22-24H,8-9H2. The Balaban J connectivity index is 1.89. The third-order valence-electron chi connectivity index (χ3n) is 4.25. The summed E-state index contributed by atoms with van der Waals surface area (Å²) in [6.07, 6.45) is 0.0722. The van der Waals surface area contributed by atoms with Gasteiger partial charge in [-0.25, -0.2) is 17.6 Å². The number of alkyl halides is 2. The summed E-state index contributed by atoms with van der Waals surface area (Å²) in [5.41, 5.74) is 0.940. The summed E-state index contributed by atoms with van der Waals surface area (Å²) in [6, 6.07) is 8.48. The molecule has 1 saturated heterocycles. The van der Waals surface area contributed by atoms with Crippen LogP contribution in [0.25, 0.3) is 11.1 Å². The van der Waals surface area contributed by atoms with Crippen molar-refractivity contribution in [3.05, 3.63) is 59.7 Å². The van der Waals surface area contributed by atoms with Crippen LogP contribution < -0.4 is 10.0 Å². The van der Waals surface area contributed by atoms with Crippen LogP contribution in [0.5, 0.6) is 0 Å². The lowest BCUT2D eigenvalue weighted by Gasteiger charge is -2.22. The predicted molar refractivity (Wildman–Crippen MR) is 88.1 cm³/mol. The third kappa shape index (κ3) is 3.29. The van der Waals surface area contributed by atoms with Crippen molar-refractivity contribution >= 4 is 12.8 Å². The van der Waals surface area contributed by atoms with Crippen molar-refractivity contribution < 1.29 is 17.6 Å². The van der Waals surface area contributed by atoms with E-state index in [-0.39, 0.29) is 12.0 Å². The lowest BCUT2D eigenvalue weighted by atomic mass is 9.96. The summed E-state index contributed by atoms with van der Waals surface area (Å²) in [7, 11) is 0. The molecule has 1 heterocycles. The second-order valence-corrected chi connectivity index (χ2v) is 6.11. The highest BCUT2D eigenvalue weighted by atomic mass is 32.1. The summed E-state index contributed by atoms with van der Waals surface area (Å²) < 4.78 is 57.9. The molecule has 24 heavy (non-hydrogen) atoms. The Kier molecular flexibility index (Phi) is 4.85. The number of nitrogens with one attached hydrogen (secondary N) is 2. The summed E-state index contributed by atoms with van der Waals surface area (Å²) in [5.74, 6) is -3.95. The van der Waals surface area contributed by atoms with Gasteiger partial charge in [-0.1, -0.05) is 43.1 Å². The van der Waals surface area contributed by atoms with Gasteiger partial charge in [0, 0.05) is 11.6 Å². The minimum atomic E-state index is -2.96. The number of halogens is 4. The van der Waals surface area contributed by atoms with Crippen molar-refractivity contribution in [3.63, 3.8) is 0 Å². The van der Waals surface area contributed by atoms with Gasteiger partial charge in [-0.05, 0) is 29.7 Å². The molecule has 2 N–H and O–H groups in total. The Morgan fingerprint density at radius 1 is 1.17 bits per heavy atom. The van der Waals surface area contributed by atoms with E-state index in [0.717, 1.165) is 0 Å². The minimum Gasteiger partial charge on any atom is -0.306 e. The fourth-order valence-electron chi connectivity index (χ4n) is 3.02. The van der Waals surface area contributed by atoms with E-state index in [4.69, 9.17) is 0 Å². The fourth-order valence-corrected chi connectivity index (χ4v) is 3.39. The minimum absolute atomic E-state index is 0.0722. The number of hydrogen-bond donors (Lipinski definition) is 3. The van der Waals surface area contributed by atoms with E-state index in [1.807, 2.05) is 0 Å². The number of thiol groups is 1. The summed E-state index contributed by atoms with van der Waals surface area (Å²) in [6.45, 7) is -0.485. The van der Waals surface area contributed by atoms with E-state index >= 15 is 0 Å². The van der Waals surface area contributed by atoms with Crippen LogP contribution in [0, 0.1) is 11.6 Å². The Hall–Kier alpha value is -1.57. The van der Waals surface area contributed by atoms with Gasteiger partial charge < -0.3 is 5.32 Å². The molecule has 0 aromatic heterocycles. The van der Waals surface area contributed by atoms with Crippen LogP contribution >= 0.6 is 12.8 Å². The first kappa shape index (κ1) is 17.3. The molecule has 0 bridgehead atoms. The molecule has 1 fully saturated rings. The molecule has 2 aromatic carbocycles. The molecular weight excluding hydrogens is 340 g/mol. The zero-order chi connectivity index (χ0) is 17.3. The van der Waals surface area contributed by atoms with Gasteiger partial charge in [-0.15, -0.1) is 0 Å². The number of rotatable bonds is 4. The highest BCUT2D eigenvalue weighted by Gasteiger charge is 2.49. The molecule has 0 spiro atoms. The lowest BCUT2D eigenvalue weighted by Crippen LogP contribution is -2.45. The molecule has 2 nitrogen and oxygen atoms in total. The molecule has 1 aliphatic rings. The number of benzene rings is 2. The second-order valence-electron chi connectivity index (χ2n) is 5.85. The largest absolute Gasteiger partial charge is 0.306 e. The molecule has 1 aliphatic heterocycles. The summed E-state index contributed by atoms with van der Waals surface area (Å²) in [5, 5.41) is 2.70. The zero-order valence-electron chi connectivity index (χ0n) is 12.6. The van der Waals surface area contributed by atoms with Crippen molar-refractivity contribution in [3.8, 4) is 11.1 Å². The first-order chi connectivity index (χ1) is 11.4. The number of hydrogen-bond acceptors (Lipinski definition) is 3. The van der Waals surface area contributed by atoms with Gasteiger partial charge in [0.05, 0.1) is 12.6 Å². The molecule has 2 atom stereocenters. The Bertz CT molecular complexity index is 738. The molecule has 2 aromatic rings. The Labute approximate surface area is 142 Å². The van der Waals surface area contributed by atoms with Crippen molar-refractivity contribution in [1.82, 2.24) is 10.0 Å². The first-order valence-corrected chi connectivity index (χ1v) is 7.91. The topological polar surface area (TPSA) is 24.1 Å².